The molecule has 1 aliphatic carbocycles. The molecule has 1 saturated carbocycles. The molecule has 0 radical (unpaired) electrons. The second-order valence-corrected chi connectivity index (χ2v) is 8.66. The summed E-state index contributed by atoms with van der Waals surface area (Å²) in [6, 6.07) is 6.74. The molecule has 1 saturated heterocycles. The predicted molar refractivity (Wildman–Crippen MR) is 121 cm³/mol. The molecule has 174 valence electrons. The minimum Gasteiger partial charge on any atom is -0.492 e. The number of carboxylic acid groups (broad SMARTS) is 1. The van der Waals surface area contributed by atoms with Crippen molar-refractivity contribution in [3.05, 3.63) is 69.5 Å². The summed E-state index contributed by atoms with van der Waals surface area (Å²) in [5, 5.41) is 9.50. The number of aromatic nitrogens is 2. The van der Waals surface area contributed by atoms with Crippen LogP contribution in [0, 0.1) is 5.82 Å². The maximum absolute atomic E-state index is 15.6. The van der Waals surface area contributed by atoms with Crippen molar-refractivity contribution in [1.82, 2.24) is 15.0 Å². The van der Waals surface area contributed by atoms with E-state index >= 15 is 4.39 Å². The Bertz CT molecular complexity index is 1430. The highest BCUT2D eigenvalue weighted by molar-refractivity contribution is 5.97. The number of hydroxylamine groups is 1. The normalized spacial score (nSPS) is 19.5. The summed E-state index contributed by atoms with van der Waals surface area (Å²) in [7, 11) is 1.43. The molecule has 2 aromatic heterocycles. The quantitative estimate of drug-likeness (QED) is 0.594. The number of benzene rings is 1. The number of ether oxygens (including phenoxy) is 1. The highest BCUT2D eigenvalue weighted by Crippen LogP contribution is 2.45. The van der Waals surface area contributed by atoms with Gasteiger partial charge in [-0.3, -0.25) is 20.1 Å². The molecule has 0 bridgehead atoms. The maximum Gasteiger partial charge on any atom is 0.341 e. The zero-order valence-electron chi connectivity index (χ0n) is 18.2. The van der Waals surface area contributed by atoms with Crippen molar-refractivity contribution in [1.29, 1.82) is 0 Å². The molecule has 1 unspecified atom stereocenters. The zero-order chi connectivity index (χ0) is 23.6. The van der Waals surface area contributed by atoms with E-state index in [-0.39, 0.29) is 34.5 Å². The van der Waals surface area contributed by atoms with Gasteiger partial charge in [0.15, 0.2) is 11.6 Å². The Kier molecular flexibility index (Phi) is 4.59. The van der Waals surface area contributed by atoms with Crippen molar-refractivity contribution in [2.45, 2.75) is 25.0 Å². The summed E-state index contributed by atoms with van der Waals surface area (Å²) in [4.78, 5) is 36.5. The highest BCUT2D eigenvalue weighted by atomic mass is 19.1. The highest BCUT2D eigenvalue weighted by Gasteiger charge is 2.40. The fraction of sp³-hybridized carbons (Fsp3) is 0.292. The summed E-state index contributed by atoms with van der Waals surface area (Å²) in [5.74, 6) is -1.78. The molecule has 9 nitrogen and oxygen atoms in total. The fourth-order valence-corrected chi connectivity index (χ4v) is 4.85. The van der Waals surface area contributed by atoms with Gasteiger partial charge in [-0.2, -0.15) is 0 Å². The minimum absolute atomic E-state index is 0.00408. The third-order valence-electron chi connectivity index (χ3n) is 6.57. The van der Waals surface area contributed by atoms with E-state index in [1.54, 1.807) is 10.8 Å². The van der Waals surface area contributed by atoms with Gasteiger partial charge in [0.2, 0.25) is 5.43 Å². The lowest BCUT2D eigenvalue weighted by molar-refractivity contribution is 0.0577. The van der Waals surface area contributed by atoms with Crippen LogP contribution < -0.4 is 20.5 Å². The standard InChI is InChI=1S/C24H21FN4O5/c1-33-23-20-13(22(30)15(24(31)32)10-29(20)12-5-6-12)8-16(25)21(23)28-9-14-18(11-28)34-27-19(14)17-4-2-3-7-26-17/h2-4,7-8,10,12,18,27H,5-6,9,11H2,1H3,(H,31,32). The molecule has 6 rings (SSSR count). The van der Waals surface area contributed by atoms with Crippen LogP contribution in [0.5, 0.6) is 5.75 Å². The van der Waals surface area contributed by atoms with Gasteiger partial charge in [0.25, 0.3) is 0 Å². The Morgan fingerprint density at radius 1 is 1.35 bits per heavy atom. The zero-order valence-corrected chi connectivity index (χ0v) is 18.2. The Balaban J connectivity index is 1.52. The Morgan fingerprint density at radius 3 is 2.85 bits per heavy atom. The molecular weight excluding hydrogens is 443 g/mol. The Labute approximate surface area is 193 Å². The second-order valence-electron chi connectivity index (χ2n) is 8.66. The molecule has 1 aromatic carbocycles. The van der Waals surface area contributed by atoms with Gasteiger partial charge in [0, 0.05) is 30.6 Å². The lowest BCUT2D eigenvalue weighted by Gasteiger charge is -2.25. The summed E-state index contributed by atoms with van der Waals surface area (Å²) in [6.07, 6.45) is 4.44. The first-order valence-electron chi connectivity index (χ1n) is 11.0. The van der Waals surface area contributed by atoms with Crippen LogP contribution >= 0.6 is 0 Å². The molecule has 1 atom stereocenters. The SMILES string of the molecule is COc1c(N2CC3=C(c4ccccn4)NOC3C2)c(F)cc2c(=O)c(C(=O)O)cn(C3CC3)c12. The number of pyridine rings is 2. The summed E-state index contributed by atoms with van der Waals surface area (Å²) >= 11 is 0. The van der Waals surface area contributed by atoms with Crippen LogP contribution in [-0.4, -0.2) is 46.9 Å². The topological polar surface area (TPSA) is 106 Å². The van der Waals surface area contributed by atoms with Gasteiger partial charge >= 0.3 is 5.97 Å². The van der Waals surface area contributed by atoms with Crippen LogP contribution in [0.1, 0.15) is 34.9 Å². The Hall–Kier alpha value is -3.92. The smallest absolute Gasteiger partial charge is 0.341 e. The molecule has 0 spiro atoms. The average Bonchev–Trinajstić information content (AvgIpc) is 3.47. The van der Waals surface area contributed by atoms with E-state index in [0.29, 0.717) is 18.6 Å². The molecule has 3 aliphatic rings. The molecule has 10 heteroatoms. The number of hydrogen-bond acceptors (Lipinski definition) is 7. The lowest BCUT2D eigenvalue weighted by Crippen LogP contribution is -2.27. The van der Waals surface area contributed by atoms with E-state index in [2.05, 4.69) is 10.5 Å². The predicted octanol–water partition coefficient (Wildman–Crippen LogP) is 2.71. The number of aromatic carboxylic acids is 1. The van der Waals surface area contributed by atoms with Crippen molar-refractivity contribution in [3.8, 4) is 5.75 Å². The Morgan fingerprint density at radius 2 is 2.18 bits per heavy atom. The van der Waals surface area contributed by atoms with Crippen molar-refractivity contribution >= 4 is 28.3 Å². The number of anilines is 1. The molecule has 34 heavy (non-hydrogen) atoms. The van der Waals surface area contributed by atoms with E-state index < -0.39 is 17.2 Å². The number of hydrogen-bond donors (Lipinski definition) is 2. The molecular formula is C24H21FN4O5. The number of methoxy groups -OCH3 is 1. The average molecular weight is 464 g/mol. The van der Waals surface area contributed by atoms with Crippen molar-refractivity contribution in [2.75, 3.05) is 25.1 Å². The van der Waals surface area contributed by atoms with E-state index in [4.69, 9.17) is 9.57 Å². The van der Waals surface area contributed by atoms with Gasteiger partial charge in [0.05, 0.1) is 35.9 Å². The molecule has 2 N–H and O–H groups in total. The van der Waals surface area contributed by atoms with Crippen LogP contribution in [0.25, 0.3) is 16.6 Å². The van der Waals surface area contributed by atoms with Crippen molar-refractivity contribution in [2.24, 2.45) is 0 Å². The number of carboxylic acids is 1. The number of nitrogens with one attached hydrogen (secondary N) is 1. The molecule has 4 heterocycles. The van der Waals surface area contributed by atoms with E-state index in [0.717, 1.165) is 35.9 Å². The molecule has 2 aliphatic heterocycles. The monoisotopic (exact) mass is 464 g/mol. The summed E-state index contributed by atoms with van der Waals surface area (Å²) < 4.78 is 23.0. The van der Waals surface area contributed by atoms with Gasteiger partial charge in [-0.25, -0.2) is 9.18 Å². The minimum atomic E-state index is -1.34. The first kappa shape index (κ1) is 20.7. The number of rotatable bonds is 5. The van der Waals surface area contributed by atoms with Gasteiger partial charge in [-0.15, -0.1) is 0 Å². The van der Waals surface area contributed by atoms with E-state index in [9.17, 15) is 14.7 Å². The van der Waals surface area contributed by atoms with Gasteiger partial charge in [0.1, 0.15) is 17.4 Å². The number of halogens is 1. The largest absolute Gasteiger partial charge is 0.492 e. The first-order chi connectivity index (χ1) is 16.5. The van der Waals surface area contributed by atoms with Gasteiger partial charge in [-0.05, 0) is 31.0 Å². The van der Waals surface area contributed by atoms with E-state index in [1.807, 2.05) is 23.1 Å². The van der Waals surface area contributed by atoms with Gasteiger partial charge in [-0.1, -0.05) is 6.07 Å². The third-order valence-corrected chi connectivity index (χ3v) is 6.57. The third kappa shape index (κ3) is 3.06. The fourth-order valence-electron chi connectivity index (χ4n) is 4.85. The van der Waals surface area contributed by atoms with Crippen molar-refractivity contribution < 1.29 is 23.9 Å². The molecule has 0 amide bonds. The maximum atomic E-state index is 15.6. The lowest BCUT2D eigenvalue weighted by atomic mass is 10.1. The number of fused-ring (bicyclic) bond motifs is 2. The summed E-state index contributed by atoms with van der Waals surface area (Å²) in [5.41, 5.74) is 4.90. The van der Waals surface area contributed by atoms with Crippen LogP contribution in [0.15, 0.2) is 47.0 Å². The summed E-state index contributed by atoms with van der Waals surface area (Å²) in [6.45, 7) is 0.752. The van der Waals surface area contributed by atoms with E-state index in [1.165, 1.54) is 13.3 Å². The molecule has 3 aromatic rings. The van der Waals surface area contributed by atoms with Gasteiger partial charge < -0.3 is 19.3 Å². The second kappa shape index (κ2) is 7.56. The first-order valence-corrected chi connectivity index (χ1v) is 11.0. The van der Waals surface area contributed by atoms with Crippen LogP contribution in [0.4, 0.5) is 10.1 Å². The van der Waals surface area contributed by atoms with Crippen molar-refractivity contribution in [3.63, 3.8) is 0 Å². The number of nitrogens with zero attached hydrogens (tertiary/aromatic N) is 3. The van der Waals surface area contributed by atoms with Crippen LogP contribution in [0.3, 0.4) is 0 Å². The number of carbonyl (C=O) groups is 1. The van der Waals surface area contributed by atoms with Crippen LogP contribution in [-0.2, 0) is 4.84 Å². The van der Waals surface area contributed by atoms with Crippen LogP contribution in [0.2, 0.25) is 0 Å². The molecule has 2 fully saturated rings.